The first-order valence-electron chi connectivity index (χ1n) is 4.66. The molecule has 0 saturated carbocycles. The number of halogens is 1. The van der Waals surface area contributed by atoms with Gasteiger partial charge >= 0.3 is 0 Å². The van der Waals surface area contributed by atoms with Gasteiger partial charge in [-0.05, 0) is 31.1 Å². The molecule has 0 N–H and O–H groups in total. The smallest absolute Gasteiger partial charge is 0.195 e. The van der Waals surface area contributed by atoms with Crippen LogP contribution < -0.4 is 0 Å². The fourth-order valence-electron chi connectivity index (χ4n) is 1.16. The Morgan fingerprint density at radius 2 is 2.07 bits per heavy atom. The SMILES string of the molecule is CCC(=CC(=O)c1ccc(Cl)s1)CC. The fourth-order valence-corrected chi connectivity index (χ4v) is 2.11. The topological polar surface area (TPSA) is 17.1 Å². The van der Waals surface area contributed by atoms with Crippen molar-refractivity contribution in [3.8, 4) is 0 Å². The van der Waals surface area contributed by atoms with Crippen LogP contribution >= 0.6 is 22.9 Å². The quantitative estimate of drug-likeness (QED) is 0.554. The second-order valence-corrected chi connectivity index (χ2v) is 4.69. The average molecular weight is 229 g/mol. The third kappa shape index (κ3) is 2.96. The molecule has 1 nitrogen and oxygen atoms in total. The Kier molecular flexibility index (Phi) is 4.36. The first-order valence-corrected chi connectivity index (χ1v) is 5.86. The van der Waals surface area contributed by atoms with Crippen LogP contribution in [0.1, 0.15) is 36.4 Å². The standard InChI is InChI=1S/C11H13ClOS/c1-3-8(4-2)7-9(13)10-5-6-11(12)14-10/h5-7H,3-4H2,1-2H3. The van der Waals surface area contributed by atoms with Crippen molar-refractivity contribution in [2.75, 3.05) is 0 Å². The van der Waals surface area contributed by atoms with E-state index in [1.165, 1.54) is 16.9 Å². The molecular formula is C11H13ClOS. The highest BCUT2D eigenvalue weighted by Crippen LogP contribution is 2.22. The van der Waals surface area contributed by atoms with Gasteiger partial charge in [-0.25, -0.2) is 0 Å². The second-order valence-electron chi connectivity index (χ2n) is 2.98. The summed E-state index contributed by atoms with van der Waals surface area (Å²) in [4.78, 5) is 12.4. The molecule has 1 aromatic rings. The van der Waals surface area contributed by atoms with E-state index in [1.807, 2.05) is 0 Å². The van der Waals surface area contributed by atoms with Crippen LogP contribution in [0.25, 0.3) is 0 Å². The summed E-state index contributed by atoms with van der Waals surface area (Å²) in [5, 5.41) is 0. The maximum atomic E-state index is 11.7. The Bertz CT molecular complexity index is 346. The predicted molar refractivity (Wildman–Crippen MR) is 62.3 cm³/mol. The molecule has 14 heavy (non-hydrogen) atoms. The molecule has 1 rings (SSSR count). The number of hydrogen-bond donors (Lipinski definition) is 0. The lowest BCUT2D eigenvalue weighted by molar-refractivity contribution is 0.104. The lowest BCUT2D eigenvalue weighted by Gasteiger charge is -1.97. The minimum Gasteiger partial charge on any atom is -0.288 e. The number of thiophene rings is 1. The Balaban J connectivity index is 2.81. The lowest BCUT2D eigenvalue weighted by atomic mass is 10.1. The molecule has 0 unspecified atom stereocenters. The summed E-state index contributed by atoms with van der Waals surface area (Å²) < 4.78 is 0.663. The molecule has 3 heteroatoms. The summed E-state index contributed by atoms with van der Waals surface area (Å²) in [6.07, 6.45) is 3.59. The van der Waals surface area contributed by atoms with Crippen LogP contribution in [0.3, 0.4) is 0 Å². The molecule has 0 radical (unpaired) electrons. The minimum absolute atomic E-state index is 0.0700. The van der Waals surface area contributed by atoms with Crippen molar-refractivity contribution >= 4 is 28.7 Å². The summed E-state index contributed by atoms with van der Waals surface area (Å²) >= 11 is 7.08. The molecule has 0 spiro atoms. The minimum atomic E-state index is 0.0700. The van der Waals surface area contributed by atoms with Crippen molar-refractivity contribution in [3.05, 3.63) is 33.0 Å². The highest BCUT2D eigenvalue weighted by Gasteiger charge is 2.06. The molecule has 0 bridgehead atoms. The van der Waals surface area contributed by atoms with E-state index in [-0.39, 0.29) is 5.78 Å². The number of ketones is 1. The third-order valence-electron chi connectivity index (χ3n) is 2.06. The monoisotopic (exact) mass is 228 g/mol. The number of carbonyl (C=O) groups excluding carboxylic acids is 1. The van der Waals surface area contributed by atoms with Gasteiger partial charge in [-0.15, -0.1) is 11.3 Å². The first kappa shape index (κ1) is 11.5. The van der Waals surface area contributed by atoms with Gasteiger partial charge in [0, 0.05) is 0 Å². The van der Waals surface area contributed by atoms with Gasteiger partial charge in [-0.3, -0.25) is 4.79 Å². The van der Waals surface area contributed by atoms with E-state index in [1.54, 1.807) is 18.2 Å². The molecule has 0 aliphatic heterocycles. The van der Waals surface area contributed by atoms with Gasteiger partial charge in [0.25, 0.3) is 0 Å². The van der Waals surface area contributed by atoms with Gasteiger partial charge in [-0.1, -0.05) is 31.0 Å². The number of allylic oxidation sites excluding steroid dienone is 2. The van der Waals surface area contributed by atoms with Crippen molar-refractivity contribution in [1.29, 1.82) is 0 Å². The van der Waals surface area contributed by atoms with Crippen molar-refractivity contribution in [2.24, 2.45) is 0 Å². The first-order chi connectivity index (χ1) is 6.67. The third-order valence-corrected chi connectivity index (χ3v) is 3.31. The Morgan fingerprint density at radius 3 is 2.50 bits per heavy atom. The van der Waals surface area contributed by atoms with E-state index in [9.17, 15) is 4.79 Å². The maximum absolute atomic E-state index is 11.7. The zero-order valence-electron chi connectivity index (χ0n) is 8.34. The molecule has 0 aliphatic rings. The summed E-state index contributed by atoms with van der Waals surface area (Å²) in [5.41, 5.74) is 1.18. The van der Waals surface area contributed by atoms with Crippen molar-refractivity contribution in [1.82, 2.24) is 0 Å². The lowest BCUT2D eigenvalue weighted by Crippen LogP contribution is -1.92. The van der Waals surface area contributed by atoms with E-state index in [0.29, 0.717) is 4.34 Å². The van der Waals surface area contributed by atoms with Crippen LogP contribution in [0.2, 0.25) is 4.34 Å². The normalized spacial score (nSPS) is 9.93. The van der Waals surface area contributed by atoms with E-state index >= 15 is 0 Å². The van der Waals surface area contributed by atoms with Crippen LogP contribution in [0.5, 0.6) is 0 Å². The zero-order valence-corrected chi connectivity index (χ0v) is 9.91. The summed E-state index contributed by atoms with van der Waals surface area (Å²) in [6.45, 7) is 4.12. The average Bonchev–Trinajstić information content (AvgIpc) is 2.61. The van der Waals surface area contributed by atoms with E-state index in [0.717, 1.165) is 17.7 Å². The van der Waals surface area contributed by atoms with E-state index in [2.05, 4.69) is 13.8 Å². The molecule has 0 aliphatic carbocycles. The van der Waals surface area contributed by atoms with Gasteiger partial charge in [0.2, 0.25) is 0 Å². The van der Waals surface area contributed by atoms with Crippen LogP contribution in [0.4, 0.5) is 0 Å². The van der Waals surface area contributed by atoms with E-state index < -0.39 is 0 Å². The van der Waals surface area contributed by atoms with Crippen molar-refractivity contribution < 1.29 is 4.79 Å². The molecule has 0 aromatic carbocycles. The molecule has 1 heterocycles. The highest BCUT2D eigenvalue weighted by molar-refractivity contribution is 7.18. The van der Waals surface area contributed by atoms with Crippen LogP contribution in [-0.2, 0) is 0 Å². The number of hydrogen-bond acceptors (Lipinski definition) is 2. The Labute approximate surface area is 93.4 Å². The molecule has 1 aromatic heterocycles. The van der Waals surface area contributed by atoms with Gasteiger partial charge in [-0.2, -0.15) is 0 Å². The van der Waals surface area contributed by atoms with Gasteiger partial charge < -0.3 is 0 Å². The van der Waals surface area contributed by atoms with Crippen LogP contribution in [0.15, 0.2) is 23.8 Å². The summed E-state index contributed by atoms with van der Waals surface area (Å²) in [5.74, 6) is 0.0700. The Morgan fingerprint density at radius 1 is 1.43 bits per heavy atom. The van der Waals surface area contributed by atoms with Gasteiger partial charge in [0.15, 0.2) is 5.78 Å². The molecule has 0 atom stereocenters. The van der Waals surface area contributed by atoms with Crippen LogP contribution in [0, 0.1) is 0 Å². The van der Waals surface area contributed by atoms with Gasteiger partial charge in [0.1, 0.15) is 0 Å². The van der Waals surface area contributed by atoms with Crippen molar-refractivity contribution in [3.63, 3.8) is 0 Å². The van der Waals surface area contributed by atoms with Crippen molar-refractivity contribution in [2.45, 2.75) is 26.7 Å². The fraction of sp³-hybridized carbons (Fsp3) is 0.364. The predicted octanol–water partition coefficient (Wildman–Crippen LogP) is 4.33. The highest BCUT2D eigenvalue weighted by atomic mass is 35.5. The zero-order chi connectivity index (χ0) is 10.6. The van der Waals surface area contributed by atoms with E-state index in [4.69, 9.17) is 11.6 Å². The number of rotatable bonds is 4. The van der Waals surface area contributed by atoms with Gasteiger partial charge in [0.05, 0.1) is 9.21 Å². The maximum Gasteiger partial charge on any atom is 0.195 e. The summed E-state index contributed by atoms with van der Waals surface area (Å²) in [6, 6.07) is 3.53. The molecule has 76 valence electrons. The second kappa shape index (κ2) is 5.32. The Hall–Kier alpha value is -0.600. The summed E-state index contributed by atoms with van der Waals surface area (Å²) in [7, 11) is 0. The molecule has 0 fully saturated rings. The largest absolute Gasteiger partial charge is 0.288 e. The molecular weight excluding hydrogens is 216 g/mol. The molecule has 0 saturated heterocycles. The molecule has 0 amide bonds. The van der Waals surface area contributed by atoms with Crippen LogP contribution in [-0.4, -0.2) is 5.78 Å². The number of carbonyl (C=O) groups is 1.